The molecule has 1 aliphatic heterocycles. The van der Waals surface area contributed by atoms with Gasteiger partial charge in [-0.3, -0.25) is 4.79 Å². The van der Waals surface area contributed by atoms with Crippen molar-refractivity contribution in [3.63, 3.8) is 0 Å². The Morgan fingerprint density at radius 2 is 2.04 bits per heavy atom. The number of aryl methyl sites for hydroxylation is 3. The van der Waals surface area contributed by atoms with E-state index in [1.54, 1.807) is 11.3 Å². The van der Waals surface area contributed by atoms with Crippen LogP contribution in [0.4, 0.5) is 0 Å². The highest BCUT2D eigenvalue weighted by atomic mass is 32.1. The summed E-state index contributed by atoms with van der Waals surface area (Å²) in [7, 11) is 0. The molecule has 0 unspecified atom stereocenters. The maximum Gasteiger partial charge on any atom is 0.227 e. The Kier molecular flexibility index (Phi) is 5.26. The van der Waals surface area contributed by atoms with Crippen LogP contribution in [0.2, 0.25) is 0 Å². The fraction of sp³-hybridized carbons (Fsp3) is 0.429. The van der Waals surface area contributed by atoms with Gasteiger partial charge in [-0.25, -0.2) is 9.97 Å². The number of hydrogen-bond acceptors (Lipinski definition) is 6. The van der Waals surface area contributed by atoms with Crippen molar-refractivity contribution >= 4 is 17.2 Å². The zero-order valence-electron chi connectivity index (χ0n) is 16.4. The summed E-state index contributed by atoms with van der Waals surface area (Å²) >= 11 is 1.70. The minimum absolute atomic E-state index is 0.213. The van der Waals surface area contributed by atoms with Crippen LogP contribution < -0.4 is 0 Å². The summed E-state index contributed by atoms with van der Waals surface area (Å²) in [6.45, 7) is 7.39. The van der Waals surface area contributed by atoms with E-state index in [2.05, 4.69) is 29.2 Å². The normalized spacial score (nSPS) is 15.2. The lowest BCUT2D eigenvalue weighted by Gasteiger charge is -2.32. The Balaban J connectivity index is 1.46. The van der Waals surface area contributed by atoms with Gasteiger partial charge in [-0.15, -0.1) is 11.3 Å². The summed E-state index contributed by atoms with van der Waals surface area (Å²) < 4.78 is 5.46. The second-order valence-electron chi connectivity index (χ2n) is 7.39. The number of rotatable bonds is 4. The molecule has 4 rings (SSSR count). The maximum atomic E-state index is 12.6. The van der Waals surface area contributed by atoms with Gasteiger partial charge in [-0.2, -0.15) is 0 Å². The number of hydrogen-bond donors (Lipinski definition) is 0. The van der Waals surface area contributed by atoms with Crippen LogP contribution in [-0.4, -0.2) is 39.0 Å². The van der Waals surface area contributed by atoms with Crippen molar-refractivity contribution in [2.24, 2.45) is 0 Å². The van der Waals surface area contributed by atoms with E-state index in [0.717, 1.165) is 53.6 Å². The molecule has 0 aromatic carbocycles. The minimum atomic E-state index is 0.213. The van der Waals surface area contributed by atoms with Gasteiger partial charge in [0.25, 0.3) is 0 Å². The molecule has 6 nitrogen and oxygen atoms in total. The molecule has 146 valence electrons. The molecule has 0 atom stereocenters. The highest BCUT2D eigenvalue weighted by molar-refractivity contribution is 7.12. The summed E-state index contributed by atoms with van der Waals surface area (Å²) in [5.41, 5.74) is 2.75. The number of aromatic nitrogens is 3. The molecule has 1 saturated heterocycles. The molecule has 0 radical (unpaired) electrons. The van der Waals surface area contributed by atoms with E-state index in [-0.39, 0.29) is 11.8 Å². The number of piperidine rings is 1. The van der Waals surface area contributed by atoms with Crippen molar-refractivity contribution < 1.29 is 9.32 Å². The second-order valence-corrected chi connectivity index (χ2v) is 8.77. The minimum Gasteiger partial charge on any atom is -0.356 e. The van der Waals surface area contributed by atoms with Crippen LogP contribution in [0, 0.1) is 20.8 Å². The summed E-state index contributed by atoms with van der Waals surface area (Å²) in [5, 5.41) is 4.00. The SMILES string of the molecule is Cc1cc(-c2cnc(C)nc2C2CCN(C(=O)Cc3ccc(C)s3)CC2)on1. The van der Waals surface area contributed by atoms with Crippen LogP contribution in [0.25, 0.3) is 11.3 Å². The molecule has 0 N–H and O–H groups in total. The molecular formula is C21H24N4O2S. The van der Waals surface area contributed by atoms with E-state index in [4.69, 9.17) is 9.51 Å². The van der Waals surface area contributed by atoms with Crippen molar-refractivity contribution in [2.45, 2.75) is 46.0 Å². The van der Waals surface area contributed by atoms with Gasteiger partial charge >= 0.3 is 0 Å². The summed E-state index contributed by atoms with van der Waals surface area (Å²) in [6.07, 6.45) is 4.12. The van der Waals surface area contributed by atoms with E-state index >= 15 is 0 Å². The Morgan fingerprint density at radius 1 is 1.25 bits per heavy atom. The first-order valence-electron chi connectivity index (χ1n) is 9.60. The van der Waals surface area contributed by atoms with E-state index in [1.165, 1.54) is 4.88 Å². The van der Waals surface area contributed by atoms with Crippen molar-refractivity contribution in [3.8, 4) is 11.3 Å². The monoisotopic (exact) mass is 396 g/mol. The molecule has 1 aliphatic rings. The Hall–Kier alpha value is -2.54. The molecule has 4 heterocycles. The van der Waals surface area contributed by atoms with Crippen LogP contribution in [0.1, 0.15) is 45.7 Å². The third-order valence-electron chi connectivity index (χ3n) is 5.19. The zero-order valence-corrected chi connectivity index (χ0v) is 17.3. The molecule has 3 aromatic rings. The second kappa shape index (κ2) is 7.83. The van der Waals surface area contributed by atoms with Gasteiger partial charge in [0.15, 0.2) is 5.76 Å². The topological polar surface area (TPSA) is 72.1 Å². The zero-order chi connectivity index (χ0) is 19.7. The number of thiophene rings is 1. The quantitative estimate of drug-likeness (QED) is 0.665. The molecule has 28 heavy (non-hydrogen) atoms. The molecule has 0 saturated carbocycles. The first-order chi connectivity index (χ1) is 13.5. The Labute approximate surface area is 168 Å². The maximum absolute atomic E-state index is 12.6. The first-order valence-corrected chi connectivity index (χ1v) is 10.4. The summed E-state index contributed by atoms with van der Waals surface area (Å²) in [6, 6.07) is 6.04. The van der Waals surface area contributed by atoms with Crippen molar-refractivity contribution in [2.75, 3.05) is 13.1 Å². The highest BCUT2D eigenvalue weighted by Gasteiger charge is 2.28. The van der Waals surface area contributed by atoms with Gasteiger partial charge in [0.2, 0.25) is 5.91 Å². The Morgan fingerprint density at radius 3 is 2.68 bits per heavy atom. The van der Waals surface area contributed by atoms with Crippen molar-refractivity contribution in [1.29, 1.82) is 0 Å². The van der Waals surface area contributed by atoms with Gasteiger partial charge in [0.1, 0.15) is 5.82 Å². The molecule has 0 bridgehead atoms. The van der Waals surface area contributed by atoms with E-state index in [0.29, 0.717) is 12.2 Å². The third-order valence-corrected chi connectivity index (χ3v) is 6.19. The molecule has 1 amide bonds. The first kappa shape index (κ1) is 18.8. The number of likely N-dealkylation sites (tertiary alicyclic amines) is 1. The fourth-order valence-electron chi connectivity index (χ4n) is 3.72. The highest BCUT2D eigenvalue weighted by Crippen LogP contribution is 2.34. The number of carbonyl (C=O) groups excluding carboxylic acids is 1. The molecular weight excluding hydrogens is 372 g/mol. The van der Waals surface area contributed by atoms with Crippen LogP contribution in [0.15, 0.2) is 28.9 Å². The number of amides is 1. The molecule has 0 spiro atoms. The number of carbonyl (C=O) groups is 1. The average Bonchev–Trinajstić information content (AvgIpc) is 3.30. The van der Waals surface area contributed by atoms with Crippen LogP contribution in [0.3, 0.4) is 0 Å². The van der Waals surface area contributed by atoms with Crippen LogP contribution >= 0.6 is 11.3 Å². The van der Waals surface area contributed by atoms with E-state index in [1.807, 2.05) is 31.0 Å². The van der Waals surface area contributed by atoms with Gasteiger partial charge in [-0.05, 0) is 45.7 Å². The lowest BCUT2D eigenvalue weighted by molar-refractivity contribution is -0.131. The Bertz CT molecular complexity index is 986. The summed E-state index contributed by atoms with van der Waals surface area (Å²) in [4.78, 5) is 26.1. The van der Waals surface area contributed by atoms with Crippen LogP contribution in [0.5, 0.6) is 0 Å². The fourth-order valence-corrected chi connectivity index (χ4v) is 4.60. The van der Waals surface area contributed by atoms with Crippen molar-refractivity contribution in [1.82, 2.24) is 20.0 Å². The third kappa shape index (κ3) is 3.99. The number of nitrogens with zero attached hydrogens (tertiary/aromatic N) is 4. The standard InChI is InChI=1S/C21H24N4O2S/c1-13-10-19(27-24-13)18-12-22-15(3)23-21(18)16-6-8-25(9-7-16)20(26)11-17-5-4-14(2)28-17/h4-5,10,12,16H,6-9,11H2,1-3H3. The predicted octanol–water partition coefficient (Wildman–Crippen LogP) is 4.07. The van der Waals surface area contributed by atoms with Crippen molar-refractivity contribution in [3.05, 3.63) is 51.4 Å². The molecule has 1 fully saturated rings. The van der Waals surface area contributed by atoms with E-state index in [9.17, 15) is 4.79 Å². The smallest absolute Gasteiger partial charge is 0.227 e. The molecule has 3 aromatic heterocycles. The largest absolute Gasteiger partial charge is 0.356 e. The van der Waals surface area contributed by atoms with Gasteiger partial charge in [-0.1, -0.05) is 5.16 Å². The van der Waals surface area contributed by atoms with Gasteiger partial charge < -0.3 is 9.42 Å². The van der Waals surface area contributed by atoms with E-state index < -0.39 is 0 Å². The molecule has 0 aliphatic carbocycles. The lowest BCUT2D eigenvalue weighted by Crippen LogP contribution is -2.39. The lowest BCUT2D eigenvalue weighted by atomic mass is 9.90. The average molecular weight is 397 g/mol. The van der Waals surface area contributed by atoms with Gasteiger partial charge in [0, 0.05) is 41.0 Å². The molecule has 7 heteroatoms. The predicted molar refractivity (Wildman–Crippen MR) is 108 cm³/mol. The van der Waals surface area contributed by atoms with Gasteiger partial charge in [0.05, 0.1) is 23.4 Å². The summed E-state index contributed by atoms with van der Waals surface area (Å²) in [5.74, 6) is 1.96. The van der Waals surface area contributed by atoms with Crippen LogP contribution in [-0.2, 0) is 11.2 Å².